The van der Waals surface area contributed by atoms with Gasteiger partial charge in [-0.05, 0) is 32.5 Å². The number of nitrogens with zero attached hydrogens (tertiary/aromatic N) is 1. The van der Waals surface area contributed by atoms with Gasteiger partial charge in [-0.25, -0.2) is 0 Å². The summed E-state index contributed by atoms with van der Waals surface area (Å²) in [5, 5.41) is 3.37. The second-order valence-electron chi connectivity index (χ2n) is 4.22. The molecule has 1 heterocycles. The normalized spacial score (nSPS) is 19.1. The molecule has 0 aromatic heterocycles. The summed E-state index contributed by atoms with van der Waals surface area (Å²) >= 11 is 0. The largest absolute Gasteiger partial charge is 0.421 e. The smallest absolute Gasteiger partial charge is 0.170 e. The minimum Gasteiger partial charge on any atom is -0.421 e. The van der Waals surface area contributed by atoms with Gasteiger partial charge in [0.1, 0.15) is 0 Å². The monoisotopic (exact) mass is 216 g/mol. The number of hydrogen-bond donors (Lipinski definition) is 1. The van der Waals surface area contributed by atoms with Crippen LogP contribution < -0.4 is 5.32 Å². The maximum absolute atomic E-state index is 5.64. The van der Waals surface area contributed by atoms with Gasteiger partial charge in [0.25, 0.3) is 0 Å². The summed E-state index contributed by atoms with van der Waals surface area (Å²) in [6.07, 6.45) is 2.52. The molecule has 4 heteroatoms. The molecule has 1 rings (SSSR count). The number of unbranched alkanes of at least 4 members (excludes halogenated alkanes) is 1. The van der Waals surface area contributed by atoms with Crippen LogP contribution in [0.1, 0.15) is 12.8 Å². The predicted octanol–water partition coefficient (Wildman–Crippen LogP) is 0.672. The fourth-order valence-electron chi connectivity index (χ4n) is 1.69. The summed E-state index contributed by atoms with van der Waals surface area (Å²) in [6, 6.07) is 0. The first-order valence-electron chi connectivity index (χ1n) is 5.83. The predicted molar refractivity (Wildman–Crippen MR) is 63.4 cm³/mol. The Hall–Kier alpha value is 0.0969. The molecule has 1 fully saturated rings. The lowest BCUT2D eigenvalue weighted by Gasteiger charge is -2.27. The fraction of sp³-hybridized carbons (Fsp3) is 1.00. The highest BCUT2D eigenvalue weighted by atomic mass is 28.3. The molecule has 84 valence electrons. The zero-order chi connectivity index (χ0) is 10.2. The molecule has 0 aromatic carbocycles. The van der Waals surface area contributed by atoms with Gasteiger partial charge in [0.05, 0.1) is 0 Å². The van der Waals surface area contributed by atoms with Gasteiger partial charge in [-0.2, -0.15) is 0 Å². The van der Waals surface area contributed by atoms with E-state index < -0.39 is 9.04 Å². The molecule has 0 aliphatic carbocycles. The lowest BCUT2D eigenvalue weighted by atomic mass is 10.3. The first kappa shape index (κ1) is 12.2. The quantitative estimate of drug-likeness (QED) is 0.522. The highest BCUT2D eigenvalue weighted by Gasteiger charge is 2.07. The Morgan fingerprint density at radius 1 is 1.21 bits per heavy atom. The number of piperazine rings is 1. The van der Waals surface area contributed by atoms with Crippen LogP contribution in [-0.4, -0.2) is 53.3 Å². The zero-order valence-electron chi connectivity index (χ0n) is 9.59. The molecule has 0 spiro atoms. The first-order chi connectivity index (χ1) is 6.79. The van der Waals surface area contributed by atoms with E-state index in [1.54, 1.807) is 0 Å². The van der Waals surface area contributed by atoms with Crippen molar-refractivity contribution in [2.24, 2.45) is 0 Å². The van der Waals surface area contributed by atoms with Crippen LogP contribution in [0.2, 0.25) is 13.1 Å². The third-order valence-corrected chi connectivity index (χ3v) is 3.43. The van der Waals surface area contributed by atoms with E-state index in [4.69, 9.17) is 4.43 Å². The van der Waals surface area contributed by atoms with Crippen molar-refractivity contribution in [1.29, 1.82) is 0 Å². The summed E-state index contributed by atoms with van der Waals surface area (Å²) in [7, 11) is -0.771. The van der Waals surface area contributed by atoms with Crippen LogP contribution in [0.25, 0.3) is 0 Å². The molecule has 1 saturated heterocycles. The van der Waals surface area contributed by atoms with Crippen LogP contribution in [0.4, 0.5) is 0 Å². The Kier molecular flexibility index (Phi) is 6.43. The molecule has 0 unspecified atom stereocenters. The zero-order valence-corrected chi connectivity index (χ0v) is 10.7. The minimum absolute atomic E-state index is 0.771. The molecule has 1 aliphatic heterocycles. The molecule has 0 radical (unpaired) electrons. The molecular formula is C10H24N2OSi. The lowest BCUT2D eigenvalue weighted by Crippen LogP contribution is -2.43. The van der Waals surface area contributed by atoms with Gasteiger partial charge in [0, 0.05) is 32.8 Å². The van der Waals surface area contributed by atoms with Crippen molar-refractivity contribution in [3.8, 4) is 0 Å². The first-order valence-corrected chi connectivity index (χ1v) is 8.62. The minimum atomic E-state index is -0.771. The van der Waals surface area contributed by atoms with Crippen LogP contribution in [0.5, 0.6) is 0 Å². The van der Waals surface area contributed by atoms with Gasteiger partial charge in [-0.3, -0.25) is 0 Å². The van der Waals surface area contributed by atoms with Gasteiger partial charge in [0.15, 0.2) is 9.04 Å². The molecule has 14 heavy (non-hydrogen) atoms. The summed E-state index contributed by atoms with van der Waals surface area (Å²) in [4.78, 5) is 2.54. The van der Waals surface area contributed by atoms with Crippen molar-refractivity contribution < 1.29 is 4.43 Å². The van der Waals surface area contributed by atoms with E-state index in [2.05, 4.69) is 23.3 Å². The van der Waals surface area contributed by atoms with E-state index >= 15 is 0 Å². The molecule has 0 saturated carbocycles. The van der Waals surface area contributed by atoms with Gasteiger partial charge in [-0.1, -0.05) is 0 Å². The summed E-state index contributed by atoms with van der Waals surface area (Å²) in [5.41, 5.74) is 0. The highest BCUT2D eigenvalue weighted by Crippen LogP contribution is 1.98. The van der Waals surface area contributed by atoms with E-state index in [9.17, 15) is 0 Å². The van der Waals surface area contributed by atoms with Crippen LogP contribution in [0.3, 0.4) is 0 Å². The van der Waals surface area contributed by atoms with Crippen molar-refractivity contribution >= 4 is 9.04 Å². The fourth-order valence-corrected chi connectivity index (χ4v) is 2.33. The second kappa shape index (κ2) is 7.40. The molecule has 0 aromatic rings. The molecular weight excluding hydrogens is 192 g/mol. The van der Waals surface area contributed by atoms with Crippen molar-refractivity contribution in [1.82, 2.24) is 10.2 Å². The summed E-state index contributed by atoms with van der Waals surface area (Å²) < 4.78 is 5.64. The Balaban J connectivity index is 1.87. The standard InChI is InChI=1S/C10H24N2OSi/c1-14(2)13-10-4-3-7-12-8-5-11-6-9-12/h11,14H,3-10H2,1-2H3. The van der Waals surface area contributed by atoms with E-state index in [0.717, 1.165) is 19.7 Å². The van der Waals surface area contributed by atoms with Crippen LogP contribution >= 0.6 is 0 Å². The average Bonchev–Trinajstić information content (AvgIpc) is 2.18. The van der Waals surface area contributed by atoms with Crippen molar-refractivity contribution in [3.63, 3.8) is 0 Å². The number of rotatable bonds is 6. The van der Waals surface area contributed by atoms with Gasteiger partial charge in [-0.15, -0.1) is 0 Å². The molecule has 0 bridgehead atoms. The summed E-state index contributed by atoms with van der Waals surface area (Å²) in [6.45, 7) is 11.5. The molecule has 1 N–H and O–H groups in total. The lowest BCUT2D eigenvalue weighted by molar-refractivity contribution is 0.226. The second-order valence-corrected chi connectivity index (χ2v) is 6.65. The Labute approximate surface area is 89.5 Å². The van der Waals surface area contributed by atoms with Crippen molar-refractivity contribution in [3.05, 3.63) is 0 Å². The van der Waals surface area contributed by atoms with E-state index in [1.807, 2.05) is 0 Å². The third kappa shape index (κ3) is 5.75. The topological polar surface area (TPSA) is 24.5 Å². The van der Waals surface area contributed by atoms with Crippen molar-refractivity contribution in [2.45, 2.75) is 25.9 Å². The van der Waals surface area contributed by atoms with Gasteiger partial charge < -0.3 is 14.6 Å². The molecule has 3 nitrogen and oxygen atoms in total. The van der Waals surface area contributed by atoms with Gasteiger partial charge in [0.2, 0.25) is 0 Å². The molecule has 1 aliphatic rings. The Morgan fingerprint density at radius 2 is 1.93 bits per heavy atom. The van der Waals surface area contributed by atoms with Crippen LogP contribution in [-0.2, 0) is 4.43 Å². The Bertz CT molecular complexity index is 138. The average molecular weight is 216 g/mol. The van der Waals surface area contributed by atoms with Crippen molar-refractivity contribution in [2.75, 3.05) is 39.3 Å². The summed E-state index contributed by atoms with van der Waals surface area (Å²) in [5.74, 6) is 0. The molecule has 0 atom stereocenters. The van der Waals surface area contributed by atoms with Crippen LogP contribution in [0, 0.1) is 0 Å². The van der Waals surface area contributed by atoms with E-state index in [0.29, 0.717) is 0 Å². The molecule has 0 amide bonds. The number of nitrogens with one attached hydrogen (secondary N) is 1. The van der Waals surface area contributed by atoms with E-state index in [-0.39, 0.29) is 0 Å². The SMILES string of the molecule is C[SiH](C)OCCCCN1CCNCC1. The highest BCUT2D eigenvalue weighted by molar-refractivity contribution is 6.48. The van der Waals surface area contributed by atoms with E-state index in [1.165, 1.54) is 32.5 Å². The van der Waals surface area contributed by atoms with Gasteiger partial charge >= 0.3 is 0 Å². The number of hydrogen-bond acceptors (Lipinski definition) is 3. The van der Waals surface area contributed by atoms with Crippen LogP contribution in [0.15, 0.2) is 0 Å². The Morgan fingerprint density at radius 3 is 2.57 bits per heavy atom. The third-order valence-electron chi connectivity index (χ3n) is 2.53. The maximum Gasteiger partial charge on any atom is 0.170 e. The maximum atomic E-state index is 5.64.